The molecule has 97 valence electrons. The molecule has 1 aromatic carbocycles. The number of unbranched alkanes of at least 4 members (excludes halogenated alkanes) is 2. The van der Waals surface area contributed by atoms with Crippen molar-refractivity contribution in [2.75, 3.05) is 0 Å². The molecule has 0 bridgehead atoms. The Morgan fingerprint density at radius 2 is 1.29 bits per heavy atom. The van der Waals surface area contributed by atoms with Gasteiger partial charge in [0.25, 0.3) is 0 Å². The van der Waals surface area contributed by atoms with E-state index < -0.39 is 0 Å². The second-order valence-electron chi connectivity index (χ2n) is 4.16. The van der Waals surface area contributed by atoms with E-state index in [1.165, 1.54) is 38.5 Å². The molecule has 0 aliphatic heterocycles. The molecule has 0 N–H and O–H groups in total. The van der Waals surface area contributed by atoms with Gasteiger partial charge >= 0.3 is 106 Å². The van der Waals surface area contributed by atoms with Crippen molar-refractivity contribution in [2.24, 2.45) is 0 Å². The van der Waals surface area contributed by atoms with E-state index in [2.05, 4.69) is 52.5 Å². The first-order chi connectivity index (χ1) is 7.29. The predicted octanol–water partition coefficient (Wildman–Crippen LogP) is 4.39. The van der Waals surface area contributed by atoms with Crippen molar-refractivity contribution in [1.29, 1.82) is 0 Å². The monoisotopic (exact) mass is 309 g/mol. The van der Waals surface area contributed by atoms with Gasteiger partial charge in [0.15, 0.2) is 0 Å². The summed E-state index contributed by atoms with van der Waals surface area (Å²) in [6.45, 7) is 4.52. The topological polar surface area (TPSA) is 0 Å². The molecule has 0 aromatic heterocycles. The number of benzene rings is 1. The third-order valence-corrected chi connectivity index (χ3v) is 3.84. The van der Waals surface area contributed by atoms with E-state index in [1.54, 1.807) is 15.0 Å². The first kappa shape index (κ1) is 19.8. The summed E-state index contributed by atoms with van der Waals surface area (Å²) in [7, 11) is 0. The van der Waals surface area contributed by atoms with Crippen LogP contribution in [-0.2, 0) is 33.3 Å². The van der Waals surface area contributed by atoms with Crippen molar-refractivity contribution in [3.8, 4) is 0 Å². The van der Waals surface area contributed by atoms with Crippen LogP contribution in [0.4, 0.5) is 0 Å². The number of hydrogen-bond acceptors (Lipinski definition) is 0. The zero-order valence-electron chi connectivity index (χ0n) is 10.8. The van der Waals surface area contributed by atoms with E-state index in [-0.39, 0.29) is 24.8 Å². The summed E-state index contributed by atoms with van der Waals surface area (Å²) in [5.74, 6) is 0. The molecule has 0 saturated carbocycles. The summed E-state index contributed by atoms with van der Waals surface area (Å²) in [4.78, 5) is 0. The SMILES string of the molecule is CCCCc1cccc(CCCC)[c]1[Ti].Cl.Cl. The van der Waals surface area contributed by atoms with Crippen LogP contribution in [0.2, 0.25) is 0 Å². The fourth-order valence-electron chi connectivity index (χ4n) is 1.80. The van der Waals surface area contributed by atoms with Gasteiger partial charge in [0, 0.05) is 0 Å². The smallest absolute Gasteiger partial charge is 0.147 e. The van der Waals surface area contributed by atoms with Crippen molar-refractivity contribution < 1.29 is 20.4 Å². The molecule has 0 aliphatic rings. The van der Waals surface area contributed by atoms with Gasteiger partial charge in [0.2, 0.25) is 0 Å². The zero-order valence-corrected chi connectivity index (χ0v) is 14.0. The average Bonchev–Trinajstić information content (AvgIpc) is 2.26. The minimum absolute atomic E-state index is 0. The molecule has 0 fully saturated rings. The minimum Gasteiger partial charge on any atom is -0.147 e. The van der Waals surface area contributed by atoms with Gasteiger partial charge in [-0.1, -0.05) is 0 Å². The zero-order chi connectivity index (χ0) is 11.1. The van der Waals surface area contributed by atoms with Crippen LogP contribution in [0.25, 0.3) is 0 Å². The molecule has 0 amide bonds. The largest absolute Gasteiger partial charge is 0.147 e. The Balaban J connectivity index is 0. The Kier molecular flexibility index (Phi) is 13.5. The Morgan fingerprint density at radius 1 is 0.882 bits per heavy atom. The number of hydrogen-bond donors (Lipinski definition) is 0. The Bertz CT molecular complexity index is 274. The summed E-state index contributed by atoms with van der Waals surface area (Å²) in [6, 6.07) is 6.81. The van der Waals surface area contributed by atoms with Gasteiger partial charge in [0.05, 0.1) is 0 Å². The Labute approximate surface area is 130 Å². The minimum atomic E-state index is 0. The molecule has 1 aromatic rings. The average molecular weight is 310 g/mol. The molecular formula is C14H23Cl2Ti. The van der Waals surface area contributed by atoms with Crippen LogP contribution in [0.15, 0.2) is 18.2 Å². The second-order valence-corrected chi connectivity index (χ2v) is 4.94. The maximum Gasteiger partial charge on any atom is -0.147 e. The molecule has 1 rings (SSSR count). The fourth-order valence-corrected chi connectivity index (χ4v) is 2.46. The standard InChI is InChI=1S/C14H21.2ClH.Ti/c1-3-5-8-13-10-7-11-14(12-13)9-6-4-2;;;/h7,10-11H,3-6,8-9H2,1-2H3;2*1H;. The summed E-state index contributed by atoms with van der Waals surface area (Å²) in [5, 5.41) is 0. The molecule has 17 heavy (non-hydrogen) atoms. The van der Waals surface area contributed by atoms with Crippen LogP contribution in [0, 0.1) is 0 Å². The molecule has 0 unspecified atom stereocenters. The van der Waals surface area contributed by atoms with Crippen LogP contribution < -0.4 is 3.87 Å². The molecule has 3 heteroatoms. The summed E-state index contributed by atoms with van der Waals surface area (Å²) >= 11 is 2.29. The van der Waals surface area contributed by atoms with Gasteiger partial charge in [-0.05, 0) is 0 Å². The van der Waals surface area contributed by atoms with E-state index in [1.807, 2.05) is 0 Å². The van der Waals surface area contributed by atoms with Crippen molar-refractivity contribution in [3.05, 3.63) is 29.3 Å². The molecule has 0 spiro atoms. The third-order valence-electron chi connectivity index (χ3n) is 2.84. The van der Waals surface area contributed by atoms with Crippen LogP contribution in [0.5, 0.6) is 0 Å². The first-order valence-electron chi connectivity index (χ1n) is 6.12. The molecule has 0 saturated heterocycles. The van der Waals surface area contributed by atoms with Gasteiger partial charge in [-0.3, -0.25) is 0 Å². The molecule has 0 aliphatic carbocycles. The normalized spacial score (nSPS) is 9.24. The molecule has 0 heterocycles. The van der Waals surface area contributed by atoms with E-state index in [4.69, 9.17) is 0 Å². The van der Waals surface area contributed by atoms with E-state index >= 15 is 0 Å². The van der Waals surface area contributed by atoms with Gasteiger partial charge in [-0.25, -0.2) is 0 Å². The fraction of sp³-hybridized carbons (Fsp3) is 0.571. The number of rotatable bonds is 6. The summed E-state index contributed by atoms with van der Waals surface area (Å²) < 4.78 is 1.54. The molecule has 0 radical (unpaired) electrons. The Hall–Kier alpha value is 0.514. The first-order valence-corrected chi connectivity index (χ1v) is 6.90. The molecular weight excluding hydrogens is 287 g/mol. The number of halogens is 2. The maximum atomic E-state index is 2.29. The maximum absolute atomic E-state index is 2.29. The number of aryl methyl sites for hydroxylation is 2. The quantitative estimate of drug-likeness (QED) is 0.684. The van der Waals surface area contributed by atoms with Gasteiger partial charge in [0.1, 0.15) is 0 Å². The second kappa shape index (κ2) is 11.6. The van der Waals surface area contributed by atoms with Crippen molar-refractivity contribution in [3.63, 3.8) is 0 Å². The summed E-state index contributed by atoms with van der Waals surface area (Å²) in [5.41, 5.74) is 3.12. The van der Waals surface area contributed by atoms with Crippen LogP contribution in [-0.4, -0.2) is 0 Å². The van der Waals surface area contributed by atoms with Gasteiger partial charge in [-0.2, -0.15) is 0 Å². The summed E-state index contributed by atoms with van der Waals surface area (Å²) in [6.07, 6.45) is 7.72. The third kappa shape index (κ3) is 6.86. The van der Waals surface area contributed by atoms with Gasteiger partial charge in [-0.15, -0.1) is 24.8 Å². The van der Waals surface area contributed by atoms with E-state index in [0.717, 1.165) is 0 Å². The van der Waals surface area contributed by atoms with E-state index in [0.29, 0.717) is 0 Å². The molecule has 0 nitrogen and oxygen atoms in total. The van der Waals surface area contributed by atoms with Crippen LogP contribution in [0.1, 0.15) is 50.7 Å². The molecule has 0 atom stereocenters. The van der Waals surface area contributed by atoms with E-state index in [9.17, 15) is 0 Å². The Morgan fingerprint density at radius 3 is 1.65 bits per heavy atom. The van der Waals surface area contributed by atoms with Crippen molar-refractivity contribution >= 4 is 28.7 Å². The predicted molar refractivity (Wildman–Crippen MR) is 77.8 cm³/mol. The van der Waals surface area contributed by atoms with Crippen LogP contribution >= 0.6 is 24.8 Å². The van der Waals surface area contributed by atoms with Gasteiger partial charge < -0.3 is 0 Å². The van der Waals surface area contributed by atoms with Crippen LogP contribution in [0.3, 0.4) is 0 Å². The van der Waals surface area contributed by atoms with Crippen molar-refractivity contribution in [1.82, 2.24) is 0 Å². The van der Waals surface area contributed by atoms with Crippen molar-refractivity contribution in [2.45, 2.75) is 52.4 Å².